The van der Waals surface area contributed by atoms with Crippen molar-refractivity contribution in [2.24, 2.45) is 0 Å². The SMILES string of the molecule is Cc1ncc2c(n1)CN(c1nccc(C(F)(F)F)n1)CC2. The van der Waals surface area contributed by atoms with E-state index in [9.17, 15) is 13.2 Å². The van der Waals surface area contributed by atoms with Crippen molar-refractivity contribution in [1.82, 2.24) is 19.9 Å². The number of rotatable bonds is 1. The van der Waals surface area contributed by atoms with Crippen molar-refractivity contribution < 1.29 is 13.2 Å². The Balaban J connectivity index is 1.89. The van der Waals surface area contributed by atoms with Gasteiger partial charge in [-0.05, 0) is 25.0 Å². The summed E-state index contributed by atoms with van der Waals surface area (Å²) in [5.74, 6) is 0.715. The molecule has 1 aliphatic rings. The maximum absolute atomic E-state index is 12.7. The molecule has 0 spiro atoms. The van der Waals surface area contributed by atoms with Gasteiger partial charge in [0.1, 0.15) is 11.5 Å². The minimum absolute atomic E-state index is 0.0757. The van der Waals surface area contributed by atoms with Crippen LogP contribution in [-0.4, -0.2) is 26.5 Å². The van der Waals surface area contributed by atoms with E-state index in [2.05, 4.69) is 19.9 Å². The molecule has 1 aliphatic heterocycles. The first-order chi connectivity index (χ1) is 9.93. The van der Waals surface area contributed by atoms with Crippen LogP contribution >= 0.6 is 0 Å². The quantitative estimate of drug-likeness (QED) is 0.807. The molecule has 0 aliphatic carbocycles. The summed E-state index contributed by atoms with van der Waals surface area (Å²) in [6.07, 6.45) is -0.909. The summed E-state index contributed by atoms with van der Waals surface area (Å²) < 4.78 is 38.1. The van der Waals surface area contributed by atoms with Crippen LogP contribution in [0.5, 0.6) is 0 Å². The molecule has 0 fully saturated rings. The summed E-state index contributed by atoms with van der Waals surface area (Å²) in [6.45, 7) is 2.71. The molecular weight excluding hydrogens is 283 g/mol. The Bertz CT molecular complexity index is 671. The number of anilines is 1. The van der Waals surface area contributed by atoms with E-state index in [1.54, 1.807) is 18.0 Å². The van der Waals surface area contributed by atoms with Crippen LogP contribution in [-0.2, 0) is 19.1 Å². The van der Waals surface area contributed by atoms with Crippen molar-refractivity contribution in [2.75, 3.05) is 11.4 Å². The van der Waals surface area contributed by atoms with Crippen molar-refractivity contribution in [3.05, 3.63) is 41.2 Å². The highest BCUT2D eigenvalue weighted by Gasteiger charge is 2.33. The molecule has 0 saturated heterocycles. The molecular formula is C13H12F3N5. The first-order valence-corrected chi connectivity index (χ1v) is 6.40. The van der Waals surface area contributed by atoms with E-state index in [1.165, 1.54) is 0 Å². The standard InChI is InChI=1S/C13H12F3N5/c1-8-18-6-9-3-5-21(7-10(9)19-8)12-17-4-2-11(20-12)13(14,15)16/h2,4,6H,3,5,7H2,1H3. The minimum atomic E-state index is -4.47. The van der Waals surface area contributed by atoms with E-state index in [4.69, 9.17) is 0 Å². The zero-order chi connectivity index (χ0) is 15.0. The maximum Gasteiger partial charge on any atom is 0.433 e. The molecule has 0 saturated carbocycles. The second kappa shape index (κ2) is 4.94. The summed E-state index contributed by atoms with van der Waals surface area (Å²) in [6, 6.07) is 0.869. The first kappa shape index (κ1) is 13.7. The lowest BCUT2D eigenvalue weighted by atomic mass is 10.1. The molecule has 0 bridgehead atoms. The average Bonchev–Trinajstić information content (AvgIpc) is 2.45. The monoisotopic (exact) mass is 295 g/mol. The van der Waals surface area contributed by atoms with Gasteiger partial charge in [-0.15, -0.1) is 0 Å². The largest absolute Gasteiger partial charge is 0.433 e. The Kier molecular flexibility index (Phi) is 3.23. The van der Waals surface area contributed by atoms with Crippen LogP contribution in [0.2, 0.25) is 0 Å². The lowest BCUT2D eigenvalue weighted by molar-refractivity contribution is -0.141. The van der Waals surface area contributed by atoms with Gasteiger partial charge in [-0.25, -0.2) is 19.9 Å². The van der Waals surface area contributed by atoms with Gasteiger partial charge in [0.05, 0.1) is 12.2 Å². The van der Waals surface area contributed by atoms with Gasteiger partial charge in [0.2, 0.25) is 5.95 Å². The van der Waals surface area contributed by atoms with E-state index in [0.717, 1.165) is 23.5 Å². The van der Waals surface area contributed by atoms with Crippen LogP contribution in [0.3, 0.4) is 0 Å². The molecule has 0 N–H and O–H groups in total. The van der Waals surface area contributed by atoms with Crippen LogP contribution in [0.15, 0.2) is 18.5 Å². The molecule has 2 aromatic heterocycles. The fourth-order valence-corrected chi connectivity index (χ4v) is 2.23. The number of hydrogen-bond donors (Lipinski definition) is 0. The Hall–Kier alpha value is -2.25. The molecule has 0 radical (unpaired) electrons. The summed E-state index contributed by atoms with van der Waals surface area (Å²) in [5, 5.41) is 0. The zero-order valence-electron chi connectivity index (χ0n) is 11.2. The molecule has 8 heteroatoms. The van der Waals surface area contributed by atoms with Gasteiger partial charge in [0.25, 0.3) is 0 Å². The Labute approximate surface area is 118 Å². The number of aromatic nitrogens is 4. The highest BCUT2D eigenvalue weighted by atomic mass is 19.4. The number of fused-ring (bicyclic) bond motifs is 1. The van der Waals surface area contributed by atoms with E-state index in [-0.39, 0.29) is 5.95 Å². The third kappa shape index (κ3) is 2.79. The van der Waals surface area contributed by atoms with Gasteiger partial charge in [-0.2, -0.15) is 13.2 Å². The van der Waals surface area contributed by atoms with Gasteiger partial charge in [0.15, 0.2) is 0 Å². The molecule has 110 valence electrons. The highest BCUT2D eigenvalue weighted by Crippen LogP contribution is 2.29. The van der Waals surface area contributed by atoms with Crippen LogP contribution in [0.25, 0.3) is 0 Å². The Morgan fingerprint density at radius 1 is 1.19 bits per heavy atom. The highest BCUT2D eigenvalue weighted by molar-refractivity contribution is 5.37. The van der Waals surface area contributed by atoms with Crippen LogP contribution in [0.4, 0.5) is 19.1 Å². The topological polar surface area (TPSA) is 54.8 Å². The normalized spacial score (nSPS) is 15.0. The van der Waals surface area contributed by atoms with E-state index in [0.29, 0.717) is 25.3 Å². The van der Waals surface area contributed by atoms with Crippen molar-refractivity contribution >= 4 is 5.95 Å². The summed E-state index contributed by atoms with van der Waals surface area (Å²) >= 11 is 0. The molecule has 5 nitrogen and oxygen atoms in total. The average molecular weight is 295 g/mol. The zero-order valence-corrected chi connectivity index (χ0v) is 11.2. The van der Waals surface area contributed by atoms with Gasteiger partial charge >= 0.3 is 6.18 Å². The fraction of sp³-hybridized carbons (Fsp3) is 0.385. The first-order valence-electron chi connectivity index (χ1n) is 6.40. The third-order valence-electron chi connectivity index (χ3n) is 3.28. The van der Waals surface area contributed by atoms with Crippen LogP contribution in [0.1, 0.15) is 22.8 Å². The second-order valence-electron chi connectivity index (χ2n) is 4.80. The summed E-state index contributed by atoms with van der Waals surface area (Å²) in [5.41, 5.74) is 0.899. The number of alkyl halides is 3. The number of nitrogens with zero attached hydrogens (tertiary/aromatic N) is 5. The van der Waals surface area contributed by atoms with Crippen molar-refractivity contribution in [2.45, 2.75) is 26.1 Å². The van der Waals surface area contributed by atoms with Gasteiger partial charge < -0.3 is 4.90 Å². The van der Waals surface area contributed by atoms with Crippen LogP contribution < -0.4 is 4.90 Å². The minimum Gasteiger partial charge on any atom is -0.335 e. The van der Waals surface area contributed by atoms with Crippen molar-refractivity contribution in [3.63, 3.8) is 0 Å². The van der Waals surface area contributed by atoms with E-state index in [1.807, 2.05) is 0 Å². The third-order valence-corrected chi connectivity index (χ3v) is 3.28. The molecule has 3 rings (SSSR count). The Morgan fingerprint density at radius 3 is 2.76 bits per heavy atom. The van der Waals surface area contributed by atoms with Crippen molar-refractivity contribution in [1.29, 1.82) is 0 Å². The molecule has 2 aromatic rings. The van der Waals surface area contributed by atoms with E-state index >= 15 is 0 Å². The smallest absolute Gasteiger partial charge is 0.335 e. The number of halogens is 3. The molecule has 0 unspecified atom stereocenters. The number of aryl methyl sites for hydroxylation is 1. The van der Waals surface area contributed by atoms with Gasteiger partial charge in [-0.3, -0.25) is 0 Å². The number of hydrogen-bond acceptors (Lipinski definition) is 5. The molecule has 21 heavy (non-hydrogen) atoms. The summed E-state index contributed by atoms with van der Waals surface area (Å²) in [7, 11) is 0. The van der Waals surface area contributed by atoms with Gasteiger partial charge in [-0.1, -0.05) is 0 Å². The van der Waals surface area contributed by atoms with Crippen molar-refractivity contribution in [3.8, 4) is 0 Å². The second-order valence-corrected chi connectivity index (χ2v) is 4.80. The predicted octanol–water partition coefficient (Wildman–Crippen LogP) is 2.16. The fourth-order valence-electron chi connectivity index (χ4n) is 2.23. The molecule has 0 aromatic carbocycles. The predicted molar refractivity (Wildman–Crippen MR) is 68.6 cm³/mol. The molecule has 3 heterocycles. The maximum atomic E-state index is 12.7. The molecule has 0 amide bonds. The lowest BCUT2D eigenvalue weighted by Gasteiger charge is -2.28. The van der Waals surface area contributed by atoms with Crippen LogP contribution in [0, 0.1) is 6.92 Å². The van der Waals surface area contributed by atoms with Gasteiger partial charge in [0, 0.05) is 18.9 Å². The summed E-state index contributed by atoms with van der Waals surface area (Å²) in [4.78, 5) is 17.7. The Morgan fingerprint density at radius 2 is 2.00 bits per heavy atom. The van der Waals surface area contributed by atoms with E-state index < -0.39 is 11.9 Å². The lowest BCUT2D eigenvalue weighted by Crippen LogP contribution is -2.33. The molecule has 0 atom stereocenters.